The van der Waals surface area contributed by atoms with Gasteiger partial charge >= 0.3 is 5.97 Å². The second kappa shape index (κ2) is 7.41. The van der Waals surface area contributed by atoms with Gasteiger partial charge in [-0.05, 0) is 48.7 Å². The molecule has 0 aliphatic carbocycles. The molecule has 1 aromatic heterocycles. The molecule has 0 spiro atoms. The number of hydrogen-bond donors (Lipinski definition) is 1. The Kier molecular flexibility index (Phi) is 6.11. The molecule has 0 saturated carbocycles. The highest BCUT2D eigenvalue weighted by Crippen LogP contribution is 2.06. The maximum absolute atomic E-state index is 11.5. The van der Waals surface area contributed by atoms with Crippen molar-refractivity contribution in [3.8, 4) is 0 Å². The van der Waals surface area contributed by atoms with Crippen molar-refractivity contribution >= 4 is 17.3 Å². The van der Waals surface area contributed by atoms with Crippen LogP contribution in [0, 0.1) is 0 Å². The van der Waals surface area contributed by atoms with Crippen LogP contribution in [0.15, 0.2) is 16.8 Å². The van der Waals surface area contributed by atoms with E-state index in [2.05, 4.69) is 22.1 Å². The molecule has 0 bridgehead atoms. The summed E-state index contributed by atoms with van der Waals surface area (Å²) in [4.78, 5) is 11.5. The van der Waals surface area contributed by atoms with Crippen molar-refractivity contribution in [3.63, 3.8) is 0 Å². The van der Waals surface area contributed by atoms with E-state index in [-0.39, 0.29) is 12.0 Å². The van der Waals surface area contributed by atoms with Crippen LogP contribution in [0.4, 0.5) is 0 Å². The normalized spacial score (nSPS) is 12.4. The summed E-state index contributed by atoms with van der Waals surface area (Å²) < 4.78 is 4.98. The molecule has 90 valence electrons. The van der Waals surface area contributed by atoms with Gasteiger partial charge in [0, 0.05) is 0 Å². The van der Waals surface area contributed by atoms with Crippen LogP contribution in [0.1, 0.15) is 25.8 Å². The minimum atomic E-state index is -0.168. The SMILES string of the molecule is CCOC(=O)C(CC)NCCc1ccsc1. The number of carbonyl (C=O) groups is 1. The molecule has 0 fully saturated rings. The van der Waals surface area contributed by atoms with Crippen LogP contribution in [0.3, 0.4) is 0 Å². The quantitative estimate of drug-likeness (QED) is 0.744. The van der Waals surface area contributed by atoms with Crippen molar-refractivity contribution in [1.29, 1.82) is 0 Å². The van der Waals surface area contributed by atoms with Gasteiger partial charge in [0.1, 0.15) is 6.04 Å². The average molecular weight is 241 g/mol. The molecule has 0 amide bonds. The molecule has 16 heavy (non-hydrogen) atoms. The van der Waals surface area contributed by atoms with Crippen molar-refractivity contribution in [2.75, 3.05) is 13.2 Å². The average Bonchev–Trinajstić information content (AvgIpc) is 2.77. The largest absolute Gasteiger partial charge is 0.465 e. The highest BCUT2D eigenvalue weighted by atomic mass is 32.1. The standard InChI is InChI=1S/C12H19NO2S/c1-3-11(12(14)15-4-2)13-7-5-10-6-8-16-9-10/h6,8-9,11,13H,3-5,7H2,1-2H3. The maximum Gasteiger partial charge on any atom is 0.323 e. The Morgan fingerprint density at radius 1 is 1.56 bits per heavy atom. The van der Waals surface area contributed by atoms with Crippen LogP contribution in [-0.4, -0.2) is 25.2 Å². The fraction of sp³-hybridized carbons (Fsp3) is 0.583. The van der Waals surface area contributed by atoms with Crippen molar-refractivity contribution in [1.82, 2.24) is 5.32 Å². The van der Waals surface area contributed by atoms with Crippen molar-refractivity contribution in [2.45, 2.75) is 32.7 Å². The van der Waals surface area contributed by atoms with Gasteiger partial charge in [-0.2, -0.15) is 11.3 Å². The Morgan fingerprint density at radius 3 is 2.94 bits per heavy atom. The summed E-state index contributed by atoms with van der Waals surface area (Å²) >= 11 is 1.70. The summed E-state index contributed by atoms with van der Waals surface area (Å²) in [7, 11) is 0. The zero-order chi connectivity index (χ0) is 11.8. The van der Waals surface area contributed by atoms with Crippen molar-refractivity contribution in [2.24, 2.45) is 0 Å². The van der Waals surface area contributed by atoms with Crippen LogP contribution in [0.5, 0.6) is 0 Å². The van der Waals surface area contributed by atoms with Gasteiger partial charge in [0.15, 0.2) is 0 Å². The number of ether oxygens (including phenoxy) is 1. The summed E-state index contributed by atoms with van der Waals surface area (Å²) in [5.41, 5.74) is 1.32. The second-order valence-electron chi connectivity index (χ2n) is 3.55. The molecular weight excluding hydrogens is 222 g/mol. The van der Waals surface area contributed by atoms with Gasteiger partial charge in [-0.25, -0.2) is 0 Å². The van der Waals surface area contributed by atoms with E-state index < -0.39 is 0 Å². The third-order valence-electron chi connectivity index (χ3n) is 2.36. The van der Waals surface area contributed by atoms with Crippen LogP contribution < -0.4 is 5.32 Å². The summed E-state index contributed by atoms with van der Waals surface area (Å²) in [6.07, 6.45) is 1.72. The highest BCUT2D eigenvalue weighted by Gasteiger charge is 2.16. The Balaban J connectivity index is 2.26. The van der Waals surface area contributed by atoms with Gasteiger partial charge in [-0.15, -0.1) is 0 Å². The predicted molar refractivity (Wildman–Crippen MR) is 66.7 cm³/mol. The monoisotopic (exact) mass is 241 g/mol. The van der Waals surface area contributed by atoms with Crippen LogP contribution in [0.25, 0.3) is 0 Å². The molecule has 1 unspecified atom stereocenters. The number of nitrogens with one attached hydrogen (secondary N) is 1. The zero-order valence-electron chi connectivity index (χ0n) is 9.86. The molecule has 4 heteroatoms. The van der Waals surface area contributed by atoms with Gasteiger partial charge in [0.05, 0.1) is 6.61 Å². The number of carbonyl (C=O) groups excluding carboxylic acids is 1. The predicted octanol–water partition coefficient (Wildman–Crippen LogP) is 2.22. The minimum absolute atomic E-state index is 0.143. The zero-order valence-corrected chi connectivity index (χ0v) is 10.7. The third kappa shape index (κ3) is 4.33. The summed E-state index contributed by atoms with van der Waals surface area (Å²) in [6, 6.07) is 1.94. The van der Waals surface area contributed by atoms with E-state index in [0.29, 0.717) is 6.61 Å². The Bertz CT molecular complexity index is 298. The minimum Gasteiger partial charge on any atom is -0.465 e. The molecule has 1 heterocycles. The highest BCUT2D eigenvalue weighted by molar-refractivity contribution is 7.07. The van der Waals surface area contributed by atoms with Crippen LogP contribution in [0.2, 0.25) is 0 Å². The maximum atomic E-state index is 11.5. The second-order valence-corrected chi connectivity index (χ2v) is 4.33. The lowest BCUT2D eigenvalue weighted by atomic mass is 10.2. The summed E-state index contributed by atoms with van der Waals surface area (Å²) in [5, 5.41) is 7.42. The fourth-order valence-electron chi connectivity index (χ4n) is 1.46. The van der Waals surface area contributed by atoms with Gasteiger partial charge in [0.2, 0.25) is 0 Å². The van der Waals surface area contributed by atoms with Crippen LogP contribution in [-0.2, 0) is 16.0 Å². The third-order valence-corrected chi connectivity index (χ3v) is 3.10. The topological polar surface area (TPSA) is 38.3 Å². The van der Waals surface area contributed by atoms with Gasteiger partial charge in [0.25, 0.3) is 0 Å². The van der Waals surface area contributed by atoms with Gasteiger partial charge in [-0.1, -0.05) is 6.92 Å². The van der Waals surface area contributed by atoms with Crippen molar-refractivity contribution < 1.29 is 9.53 Å². The number of hydrogen-bond acceptors (Lipinski definition) is 4. The smallest absolute Gasteiger partial charge is 0.323 e. The van der Waals surface area contributed by atoms with E-state index in [9.17, 15) is 4.79 Å². The molecule has 0 aliphatic rings. The summed E-state index contributed by atoms with van der Waals surface area (Å²) in [5.74, 6) is -0.143. The molecule has 0 radical (unpaired) electrons. The molecule has 0 aromatic carbocycles. The van der Waals surface area contributed by atoms with E-state index in [1.54, 1.807) is 11.3 Å². The molecule has 1 atom stereocenters. The first-order valence-corrected chi connectivity index (χ1v) is 6.63. The lowest BCUT2D eigenvalue weighted by Crippen LogP contribution is -2.38. The summed E-state index contributed by atoms with van der Waals surface area (Å²) in [6.45, 7) is 5.07. The Morgan fingerprint density at radius 2 is 2.38 bits per heavy atom. The Labute approximate surface area is 101 Å². The fourth-order valence-corrected chi connectivity index (χ4v) is 2.17. The molecular formula is C12H19NO2S. The van der Waals surface area contributed by atoms with Crippen molar-refractivity contribution in [3.05, 3.63) is 22.4 Å². The molecule has 1 rings (SSSR count). The molecule has 1 aromatic rings. The lowest BCUT2D eigenvalue weighted by molar-refractivity contribution is -0.145. The molecule has 0 saturated heterocycles. The lowest BCUT2D eigenvalue weighted by Gasteiger charge is -2.14. The number of esters is 1. The van der Waals surface area contributed by atoms with Gasteiger partial charge in [-0.3, -0.25) is 4.79 Å². The van der Waals surface area contributed by atoms with E-state index >= 15 is 0 Å². The first kappa shape index (κ1) is 13.2. The first-order chi connectivity index (χ1) is 7.77. The first-order valence-electron chi connectivity index (χ1n) is 5.69. The van der Waals surface area contributed by atoms with Crippen LogP contribution >= 0.6 is 11.3 Å². The van der Waals surface area contributed by atoms with E-state index in [4.69, 9.17) is 4.74 Å². The number of rotatable bonds is 7. The molecule has 1 N–H and O–H groups in total. The molecule has 3 nitrogen and oxygen atoms in total. The molecule has 0 aliphatic heterocycles. The number of thiophene rings is 1. The van der Waals surface area contributed by atoms with E-state index in [1.165, 1.54) is 5.56 Å². The van der Waals surface area contributed by atoms with E-state index in [0.717, 1.165) is 19.4 Å². The van der Waals surface area contributed by atoms with Gasteiger partial charge < -0.3 is 10.1 Å². The Hall–Kier alpha value is -0.870. The van der Waals surface area contributed by atoms with E-state index in [1.807, 2.05) is 13.8 Å².